The number of amides is 1. The first kappa shape index (κ1) is 13.8. The quantitative estimate of drug-likeness (QED) is 0.889. The maximum Gasteiger partial charge on any atom is 0.238 e. The van der Waals surface area contributed by atoms with Gasteiger partial charge in [-0.25, -0.2) is 0 Å². The Balaban J connectivity index is 1.77. The number of carbonyl (C=O) groups excluding carboxylic acids is 1. The number of hydrogen-bond acceptors (Lipinski definition) is 3. The number of aryl methyl sites for hydroxylation is 1. The number of furan rings is 1. The molecule has 5 heteroatoms. The summed E-state index contributed by atoms with van der Waals surface area (Å²) in [6.45, 7) is 2.67. The van der Waals surface area contributed by atoms with Crippen molar-refractivity contribution < 1.29 is 9.21 Å². The van der Waals surface area contributed by atoms with Gasteiger partial charge in [0.1, 0.15) is 11.5 Å². The Kier molecular flexibility index (Phi) is 4.76. The van der Waals surface area contributed by atoms with Crippen LogP contribution in [0.5, 0.6) is 0 Å². The van der Waals surface area contributed by atoms with Crippen LogP contribution in [0, 0.1) is 6.92 Å². The molecule has 2 rings (SSSR count). The molecule has 100 valence electrons. The van der Waals surface area contributed by atoms with Crippen LogP contribution in [0.25, 0.3) is 0 Å². The van der Waals surface area contributed by atoms with Crippen LogP contribution in [-0.4, -0.2) is 12.5 Å². The van der Waals surface area contributed by atoms with Gasteiger partial charge in [0.15, 0.2) is 0 Å². The molecular formula is C14H15BrN2O2. The van der Waals surface area contributed by atoms with Crippen molar-refractivity contribution in [3.8, 4) is 0 Å². The van der Waals surface area contributed by atoms with E-state index < -0.39 is 0 Å². The molecule has 0 radical (unpaired) electrons. The fourth-order valence-corrected chi connectivity index (χ4v) is 2.02. The van der Waals surface area contributed by atoms with E-state index in [1.54, 1.807) is 0 Å². The average molecular weight is 323 g/mol. The van der Waals surface area contributed by atoms with Crippen molar-refractivity contribution in [2.24, 2.45) is 0 Å². The molecule has 1 amide bonds. The van der Waals surface area contributed by atoms with Gasteiger partial charge in [0, 0.05) is 4.47 Å². The number of benzene rings is 1. The summed E-state index contributed by atoms with van der Waals surface area (Å²) in [4.78, 5) is 11.7. The van der Waals surface area contributed by atoms with Crippen LogP contribution in [0.4, 0.5) is 5.69 Å². The van der Waals surface area contributed by atoms with E-state index in [0.717, 1.165) is 21.7 Å². The molecule has 1 heterocycles. The monoisotopic (exact) mass is 322 g/mol. The van der Waals surface area contributed by atoms with E-state index in [2.05, 4.69) is 26.6 Å². The Morgan fingerprint density at radius 3 is 2.74 bits per heavy atom. The van der Waals surface area contributed by atoms with Gasteiger partial charge < -0.3 is 15.1 Å². The SMILES string of the molecule is Cc1ccc(CNCC(=O)Nc2ccccc2Br)o1. The Hall–Kier alpha value is -1.59. The molecule has 0 atom stereocenters. The van der Waals surface area contributed by atoms with Crippen LogP contribution < -0.4 is 10.6 Å². The molecule has 0 unspecified atom stereocenters. The number of halogens is 1. The van der Waals surface area contributed by atoms with Gasteiger partial charge in [-0.3, -0.25) is 4.79 Å². The van der Waals surface area contributed by atoms with E-state index in [9.17, 15) is 4.79 Å². The molecular weight excluding hydrogens is 308 g/mol. The molecule has 1 aromatic carbocycles. The van der Waals surface area contributed by atoms with Gasteiger partial charge in [-0.05, 0) is 47.1 Å². The minimum Gasteiger partial charge on any atom is -0.465 e. The second-order valence-electron chi connectivity index (χ2n) is 4.14. The topological polar surface area (TPSA) is 54.3 Å². The molecule has 0 fully saturated rings. The molecule has 0 aliphatic carbocycles. The largest absolute Gasteiger partial charge is 0.465 e. The fourth-order valence-electron chi connectivity index (χ4n) is 1.64. The molecule has 2 aromatic rings. The van der Waals surface area contributed by atoms with Crippen molar-refractivity contribution in [2.45, 2.75) is 13.5 Å². The zero-order chi connectivity index (χ0) is 13.7. The van der Waals surface area contributed by atoms with Gasteiger partial charge in [0.2, 0.25) is 5.91 Å². The molecule has 2 N–H and O–H groups in total. The Labute approximate surface area is 120 Å². The van der Waals surface area contributed by atoms with Crippen molar-refractivity contribution in [3.05, 3.63) is 52.4 Å². The lowest BCUT2D eigenvalue weighted by molar-refractivity contribution is -0.115. The van der Waals surface area contributed by atoms with Crippen LogP contribution >= 0.6 is 15.9 Å². The first-order valence-corrected chi connectivity index (χ1v) is 6.75. The van der Waals surface area contributed by atoms with E-state index in [0.29, 0.717) is 6.54 Å². The third-order valence-corrected chi connectivity index (χ3v) is 3.22. The summed E-state index contributed by atoms with van der Waals surface area (Å²) in [6, 6.07) is 11.3. The summed E-state index contributed by atoms with van der Waals surface area (Å²) in [5, 5.41) is 5.86. The van der Waals surface area contributed by atoms with Crippen LogP contribution in [0.15, 0.2) is 45.3 Å². The van der Waals surface area contributed by atoms with Gasteiger partial charge in [-0.1, -0.05) is 12.1 Å². The predicted molar refractivity (Wildman–Crippen MR) is 77.9 cm³/mol. The van der Waals surface area contributed by atoms with Gasteiger partial charge in [0.25, 0.3) is 0 Å². The van der Waals surface area contributed by atoms with Gasteiger partial charge in [-0.2, -0.15) is 0 Å². The van der Waals surface area contributed by atoms with Crippen LogP contribution in [0.2, 0.25) is 0 Å². The zero-order valence-corrected chi connectivity index (χ0v) is 12.2. The molecule has 0 aliphatic rings. The van der Waals surface area contributed by atoms with Crippen molar-refractivity contribution in [3.63, 3.8) is 0 Å². The average Bonchev–Trinajstić information content (AvgIpc) is 2.78. The van der Waals surface area contributed by atoms with Gasteiger partial charge >= 0.3 is 0 Å². The minimum atomic E-state index is -0.0878. The molecule has 0 saturated heterocycles. The van der Waals surface area contributed by atoms with Crippen molar-refractivity contribution >= 4 is 27.5 Å². The summed E-state index contributed by atoms with van der Waals surface area (Å²) < 4.78 is 6.27. The van der Waals surface area contributed by atoms with Gasteiger partial charge in [0.05, 0.1) is 18.8 Å². The normalized spacial score (nSPS) is 10.4. The van der Waals surface area contributed by atoms with Crippen molar-refractivity contribution in [2.75, 3.05) is 11.9 Å². The number of anilines is 1. The number of nitrogens with one attached hydrogen (secondary N) is 2. The van der Waals surface area contributed by atoms with E-state index in [1.807, 2.05) is 43.3 Å². The first-order chi connectivity index (χ1) is 9.15. The first-order valence-electron chi connectivity index (χ1n) is 5.95. The zero-order valence-electron chi connectivity index (χ0n) is 10.6. The summed E-state index contributed by atoms with van der Waals surface area (Å²) in [5.41, 5.74) is 0.767. The number of carbonyl (C=O) groups is 1. The van der Waals surface area contributed by atoms with E-state index in [-0.39, 0.29) is 12.5 Å². The van der Waals surface area contributed by atoms with Crippen LogP contribution in [0.1, 0.15) is 11.5 Å². The van der Waals surface area contributed by atoms with Crippen LogP contribution in [-0.2, 0) is 11.3 Å². The molecule has 0 bridgehead atoms. The van der Waals surface area contributed by atoms with E-state index in [1.165, 1.54) is 0 Å². The second-order valence-corrected chi connectivity index (χ2v) is 5.00. The highest BCUT2D eigenvalue weighted by molar-refractivity contribution is 9.10. The van der Waals surface area contributed by atoms with E-state index in [4.69, 9.17) is 4.42 Å². The highest BCUT2D eigenvalue weighted by atomic mass is 79.9. The maximum absolute atomic E-state index is 11.7. The molecule has 19 heavy (non-hydrogen) atoms. The molecule has 0 saturated carbocycles. The third kappa shape index (κ3) is 4.22. The van der Waals surface area contributed by atoms with E-state index >= 15 is 0 Å². The summed E-state index contributed by atoms with van der Waals surface area (Å²) in [5.74, 6) is 1.61. The smallest absolute Gasteiger partial charge is 0.238 e. The van der Waals surface area contributed by atoms with Crippen LogP contribution in [0.3, 0.4) is 0 Å². The Bertz CT molecular complexity index is 566. The highest BCUT2D eigenvalue weighted by Gasteiger charge is 2.05. The number of rotatable bonds is 5. The Morgan fingerprint density at radius 1 is 1.26 bits per heavy atom. The third-order valence-electron chi connectivity index (χ3n) is 2.53. The summed E-state index contributed by atoms with van der Waals surface area (Å²) in [6.07, 6.45) is 0. The summed E-state index contributed by atoms with van der Waals surface area (Å²) in [7, 11) is 0. The Morgan fingerprint density at radius 2 is 2.05 bits per heavy atom. The van der Waals surface area contributed by atoms with Crippen molar-refractivity contribution in [1.82, 2.24) is 5.32 Å². The minimum absolute atomic E-state index is 0.0878. The molecule has 0 aliphatic heterocycles. The highest BCUT2D eigenvalue weighted by Crippen LogP contribution is 2.20. The lowest BCUT2D eigenvalue weighted by Gasteiger charge is -2.07. The predicted octanol–water partition coefficient (Wildman–Crippen LogP) is 3.08. The number of para-hydroxylation sites is 1. The molecule has 1 aromatic heterocycles. The molecule has 0 spiro atoms. The summed E-state index contributed by atoms with van der Waals surface area (Å²) >= 11 is 3.38. The lowest BCUT2D eigenvalue weighted by atomic mass is 10.3. The standard InChI is InChI=1S/C14H15BrN2O2/c1-10-6-7-11(19-10)8-16-9-14(18)17-13-5-3-2-4-12(13)15/h2-7,16H,8-9H2,1H3,(H,17,18). The second kappa shape index (κ2) is 6.54. The molecule has 4 nitrogen and oxygen atoms in total. The maximum atomic E-state index is 11.7. The van der Waals surface area contributed by atoms with Crippen molar-refractivity contribution in [1.29, 1.82) is 0 Å². The van der Waals surface area contributed by atoms with Gasteiger partial charge in [-0.15, -0.1) is 0 Å². The number of hydrogen-bond donors (Lipinski definition) is 2. The lowest BCUT2D eigenvalue weighted by Crippen LogP contribution is -2.27. The fraction of sp³-hybridized carbons (Fsp3) is 0.214.